The first-order valence-electron chi connectivity index (χ1n) is 6.50. The van der Waals surface area contributed by atoms with Gasteiger partial charge in [0.2, 0.25) is 0 Å². The summed E-state index contributed by atoms with van der Waals surface area (Å²) in [5.41, 5.74) is 1.39. The maximum atomic E-state index is 12.4. The van der Waals surface area contributed by atoms with Gasteiger partial charge in [-0.25, -0.2) is 0 Å². The highest BCUT2D eigenvalue weighted by atomic mass is 16.6. The molecule has 0 bridgehead atoms. The fraction of sp³-hybridized carbons (Fsp3) is 0.0625. The summed E-state index contributed by atoms with van der Waals surface area (Å²) in [5.74, 6) is 0.200. The van der Waals surface area contributed by atoms with Gasteiger partial charge in [0, 0.05) is 17.7 Å². The average molecular weight is 297 g/mol. The maximum absolute atomic E-state index is 12.4. The summed E-state index contributed by atoms with van der Waals surface area (Å²) in [6.45, 7) is 0.119. The van der Waals surface area contributed by atoms with Crippen LogP contribution in [-0.2, 0) is 0 Å². The minimum Gasteiger partial charge on any atom is -0.508 e. The number of phenolic OH excluding ortho intramolecular Hbond substituents is 1. The van der Waals surface area contributed by atoms with Gasteiger partial charge in [-0.1, -0.05) is 0 Å². The second-order valence-electron chi connectivity index (χ2n) is 4.82. The molecule has 6 heteroatoms. The number of ketones is 1. The van der Waals surface area contributed by atoms with E-state index in [0.717, 1.165) is 0 Å². The Morgan fingerprint density at radius 3 is 2.59 bits per heavy atom. The van der Waals surface area contributed by atoms with Gasteiger partial charge in [-0.2, -0.15) is 0 Å². The van der Waals surface area contributed by atoms with Gasteiger partial charge in [0.25, 0.3) is 5.69 Å². The molecule has 1 aliphatic rings. The van der Waals surface area contributed by atoms with Crippen LogP contribution < -0.4 is 4.74 Å². The number of aromatic hydroxyl groups is 1. The summed E-state index contributed by atoms with van der Waals surface area (Å²) >= 11 is 0. The third-order valence-corrected chi connectivity index (χ3v) is 3.33. The average Bonchev–Trinajstić information content (AvgIpc) is 2.51. The Labute approximate surface area is 125 Å². The third-order valence-electron chi connectivity index (χ3n) is 3.33. The van der Waals surface area contributed by atoms with Crippen LogP contribution in [0.25, 0.3) is 6.08 Å². The molecule has 0 spiro atoms. The number of nitro groups is 1. The molecule has 1 N–H and O–H groups in total. The minimum atomic E-state index is -0.481. The SMILES string of the molecule is O=C1/C(=C/c2ccc([N+](=O)[O-])cc2)COc2ccc(O)cc21. The van der Waals surface area contributed by atoms with Gasteiger partial charge in [0.1, 0.15) is 18.1 Å². The Bertz CT molecular complexity index is 793. The number of rotatable bonds is 2. The van der Waals surface area contributed by atoms with Crippen LogP contribution in [0.15, 0.2) is 48.0 Å². The first-order valence-corrected chi connectivity index (χ1v) is 6.50. The number of fused-ring (bicyclic) bond motifs is 1. The van der Waals surface area contributed by atoms with Crippen molar-refractivity contribution in [3.05, 3.63) is 69.3 Å². The minimum absolute atomic E-state index is 0.00714. The van der Waals surface area contributed by atoms with E-state index in [-0.39, 0.29) is 23.8 Å². The number of Topliss-reactive ketones (excluding diaryl/α,β-unsaturated/α-hetero) is 1. The van der Waals surface area contributed by atoms with Crippen LogP contribution in [0, 0.1) is 10.1 Å². The molecular weight excluding hydrogens is 286 g/mol. The Morgan fingerprint density at radius 1 is 1.18 bits per heavy atom. The van der Waals surface area contributed by atoms with E-state index >= 15 is 0 Å². The molecular formula is C16H11NO5. The predicted molar refractivity (Wildman–Crippen MR) is 79.0 cm³/mol. The zero-order chi connectivity index (χ0) is 15.7. The van der Waals surface area contributed by atoms with E-state index in [9.17, 15) is 20.0 Å². The predicted octanol–water partition coefficient (Wildman–Crippen LogP) is 2.96. The molecule has 2 aromatic rings. The number of nitrogens with zero attached hydrogens (tertiary/aromatic N) is 1. The molecule has 0 radical (unpaired) electrons. The first-order chi connectivity index (χ1) is 10.5. The smallest absolute Gasteiger partial charge is 0.269 e. The number of benzene rings is 2. The number of nitro benzene ring substituents is 1. The fourth-order valence-corrected chi connectivity index (χ4v) is 2.22. The molecule has 3 rings (SSSR count). The van der Waals surface area contributed by atoms with Crippen LogP contribution in [0.5, 0.6) is 11.5 Å². The Kier molecular flexibility index (Phi) is 3.34. The van der Waals surface area contributed by atoms with E-state index in [4.69, 9.17) is 4.74 Å². The Hall–Kier alpha value is -3.15. The quantitative estimate of drug-likeness (QED) is 0.523. The number of carbonyl (C=O) groups excluding carboxylic acids is 1. The molecule has 0 aliphatic carbocycles. The van der Waals surface area contributed by atoms with Crippen LogP contribution in [-0.4, -0.2) is 22.4 Å². The van der Waals surface area contributed by atoms with Gasteiger partial charge in [0.05, 0.1) is 10.5 Å². The monoisotopic (exact) mass is 297 g/mol. The molecule has 0 saturated heterocycles. The summed E-state index contributed by atoms with van der Waals surface area (Å²) in [5, 5.41) is 20.1. The van der Waals surface area contributed by atoms with E-state index in [1.165, 1.54) is 24.3 Å². The topological polar surface area (TPSA) is 89.7 Å². The second kappa shape index (κ2) is 5.33. The van der Waals surface area contributed by atoms with Gasteiger partial charge in [-0.05, 0) is 42.0 Å². The van der Waals surface area contributed by atoms with Crippen molar-refractivity contribution in [2.24, 2.45) is 0 Å². The number of ether oxygens (including phenoxy) is 1. The van der Waals surface area contributed by atoms with E-state index in [1.54, 1.807) is 24.3 Å². The molecule has 0 fully saturated rings. The molecule has 0 unspecified atom stereocenters. The number of non-ortho nitro benzene ring substituents is 1. The van der Waals surface area contributed by atoms with E-state index in [2.05, 4.69) is 0 Å². The van der Waals surface area contributed by atoms with Crippen LogP contribution in [0.2, 0.25) is 0 Å². The lowest BCUT2D eigenvalue weighted by Crippen LogP contribution is -2.18. The van der Waals surface area contributed by atoms with Gasteiger partial charge in [-0.15, -0.1) is 0 Å². The molecule has 0 saturated carbocycles. The maximum Gasteiger partial charge on any atom is 0.269 e. The van der Waals surface area contributed by atoms with E-state index < -0.39 is 4.92 Å². The molecule has 22 heavy (non-hydrogen) atoms. The molecule has 0 atom stereocenters. The Balaban J connectivity index is 1.92. The van der Waals surface area contributed by atoms with Gasteiger partial charge >= 0.3 is 0 Å². The van der Waals surface area contributed by atoms with E-state index in [1.807, 2.05) is 0 Å². The van der Waals surface area contributed by atoms with E-state index in [0.29, 0.717) is 22.4 Å². The summed E-state index contributed by atoms with van der Waals surface area (Å²) in [4.78, 5) is 22.5. The zero-order valence-electron chi connectivity index (χ0n) is 11.4. The molecule has 6 nitrogen and oxygen atoms in total. The summed E-state index contributed by atoms with van der Waals surface area (Å²) < 4.78 is 5.49. The number of phenols is 1. The lowest BCUT2D eigenvalue weighted by atomic mass is 9.98. The van der Waals surface area contributed by atoms with Crippen LogP contribution >= 0.6 is 0 Å². The van der Waals surface area contributed by atoms with Crippen molar-refractivity contribution in [1.29, 1.82) is 0 Å². The van der Waals surface area contributed by atoms with Crippen molar-refractivity contribution in [3.63, 3.8) is 0 Å². The lowest BCUT2D eigenvalue weighted by Gasteiger charge is -2.18. The van der Waals surface area contributed by atoms with Crippen molar-refractivity contribution in [2.75, 3.05) is 6.61 Å². The van der Waals surface area contributed by atoms with Crippen molar-refractivity contribution < 1.29 is 19.6 Å². The van der Waals surface area contributed by atoms with Crippen LogP contribution in [0.1, 0.15) is 15.9 Å². The van der Waals surface area contributed by atoms with Crippen molar-refractivity contribution in [2.45, 2.75) is 0 Å². The number of carbonyl (C=O) groups is 1. The molecule has 0 aromatic heterocycles. The number of hydrogen-bond acceptors (Lipinski definition) is 5. The zero-order valence-corrected chi connectivity index (χ0v) is 11.4. The summed E-state index contributed by atoms with van der Waals surface area (Å²) in [6.07, 6.45) is 1.62. The highest BCUT2D eigenvalue weighted by molar-refractivity contribution is 6.14. The standard InChI is InChI=1S/C16H11NO5/c18-13-5-6-15-14(8-13)16(19)11(9-22-15)7-10-1-3-12(4-2-10)17(20)21/h1-8,18H,9H2/b11-7+. The highest BCUT2D eigenvalue weighted by Crippen LogP contribution is 2.30. The van der Waals surface area contributed by atoms with Crippen molar-refractivity contribution in [3.8, 4) is 11.5 Å². The molecule has 110 valence electrons. The second-order valence-corrected chi connectivity index (χ2v) is 4.82. The lowest BCUT2D eigenvalue weighted by molar-refractivity contribution is -0.384. The van der Waals surface area contributed by atoms with Crippen LogP contribution in [0.4, 0.5) is 5.69 Å². The normalized spacial score (nSPS) is 15.3. The molecule has 1 aliphatic heterocycles. The van der Waals surface area contributed by atoms with Crippen molar-refractivity contribution in [1.82, 2.24) is 0 Å². The van der Waals surface area contributed by atoms with Gasteiger partial charge < -0.3 is 9.84 Å². The number of hydrogen-bond donors (Lipinski definition) is 1. The largest absolute Gasteiger partial charge is 0.508 e. The van der Waals surface area contributed by atoms with Crippen LogP contribution in [0.3, 0.4) is 0 Å². The third kappa shape index (κ3) is 2.54. The Morgan fingerprint density at radius 2 is 1.91 bits per heavy atom. The first kappa shape index (κ1) is 13.8. The summed E-state index contributed by atoms with van der Waals surface area (Å²) in [6, 6.07) is 10.2. The molecule has 0 amide bonds. The fourth-order valence-electron chi connectivity index (χ4n) is 2.22. The van der Waals surface area contributed by atoms with Gasteiger partial charge in [-0.3, -0.25) is 14.9 Å². The molecule has 2 aromatic carbocycles. The summed E-state index contributed by atoms with van der Waals surface area (Å²) in [7, 11) is 0. The molecule has 1 heterocycles. The van der Waals surface area contributed by atoms with Gasteiger partial charge in [0.15, 0.2) is 5.78 Å². The highest BCUT2D eigenvalue weighted by Gasteiger charge is 2.23. The van der Waals surface area contributed by atoms with Crippen molar-refractivity contribution >= 4 is 17.5 Å².